The number of hydrogen-bond donors (Lipinski definition) is 1. The van der Waals surface area contributed by atoms with Crippen molar-refractivity contribution < 1.29 is 13.5 Å². The maximum absolute atomic E-state index is 12.2. The van der Waals surface area contributed by atoms with E-state index in [9.17, 15) is 8.42 Å². The highest BCUT2D eigenvalue weighted by Crippen LogP contribution is 2.18. The number of sulfonamides is 1. The van der Waals surface area contributed by atoms with Gasteiger partial charge in [0.2, 0.25) is 10.0 Å². The van der Waals surface area contributed by atoms with E-state index in [0.29, 0.717) is 6.54 Å². The van der Waals surface area contributed by atoms with Crippen molar-refractivity contribution in [2.45, 2.75) is 33.1 Å². The number of benzene rings is 1. The molecule has 0 spiro atoms. The third-order valence-corrected chi connectivity index (χ3v) is 4.50. The molecule has 0 atom stereocenters. The largest absolute Gasteiger partial charge is 0.392 e. The van der Waals surface area contributed by atoms with Crippen molar-refractivity contribution in [1.82, 2.24) is 4.31 Å². The van der Waals surface area contributed by atoms with Gasteiger partial charge in [0.15, 0.2) is 0 Å². The Kier molecular flexibility index (Phi) is 5.12. The van der Waals surface area contributed by atoms with Crippen LogP contribution in [0.15, 0.2) is 24.3 Å². The summed E-state index contributed by atoms with van der Waals surface area (Å²) in [7, 11) is -1.68. The Balaban J connectivity index is 2.78. The van der Waals surface area contributed by atoms with Crippen LogP contribution < -0.4 is 0 Å². The zero-order valence-corrected chi connectivity index (χ0v) is 12.9. The Labute approximate surface area is 116 Å². The van der Waals surface area contributed by atoms with Crippen LogP contribution in [0, 0.1) is 5.41 Å². The van der Waals surface area contributed by atoms with Gasteiger partial charge in [-0.15, -0.1) is 0 Å². The lowest BCUT2D eigenvalue weighted by Gasteiger charge is -2.26. The lowest BCUT2D eigenvalue weighted by Crippen LogP contribution is -2.35. The van der Waals surface area contributed by atoms with Crippen molar-refractivity contribution in [3.05, 3.63) is 35.4 Å². The van der Waals surface area contributed by atoms with Gasteiger partial charge in [-0.05, 0) is 16.5 Å². The van der Waals surface area contributed by atoms with Crippen molar-refractivity contribution in [2.24, 2.45) is 5.41 Å². The molecule has 108 valence electrons. The molecule has 1 rings (SSSR count). The molecule has 0 unspecified atom stereocenters. The van der Waals surface area contributed by atoms with Crippen LogP contribution in [0.1, 0.15) is 31.9 Å². The van der Waals surface area contributed by atoms with Crippen molar-refractivity contribution in [2.75, 3.05) is 13.6 Å². The molecule has 4 nitrogen and oxygen atoms in total. The van der Waals surface area contributed by atoms with Gasteiger partial charge in [-0.3, -0.25) is 0 Å². The second-order valence-corrected chi connectivity index (χ2v) is 8.12. The van der Waals surface area contributed by atoms with Crippen molar-refractivity contribution in [1.29, 1.82) is 0 Å². The number of hydrogen-bond acceptors (Lipinski definition) is 3. The van der Waals surface area contributed by atoms with E-state index >= 15 is 0 Å². The molecule has 0 aliphatic heterocycles. The van der Waals surface area contributed by atoms with Crippen molar-refractivity contribution in [3.8, 4) is 0 Å². The molecule has 1 N–H and O–H groups in total. The Hall–Kier alpha value is -0.910. The van der Waals surface area contributed by atoms with Gasteiger partial charge in [0.1, 0.15) is 0 Å². The lowest BCUT2D eigenvalue weighted by molar-refractivity contribution is 0.282. The first-order chi connectivity index (χ1) is 8.64. The fraction of sp³-hybridized carbons (Fsp3) is 0.571. The van der Waals surface area contributed by atoms with Crippen LogP contribution in [-0.2, 0) is 22.4 Å². The molecule has 0 aromatic heterocycles. The molecule has 19 heavy (non-hydrogen) atoms. The van der Waals surface area contributed by atoms with E-state index in [1.165, 1.54) is 4.31 Å². The second kappa shape index (κ2) is 6.03. The maximum Gasteiger partial charge on any atom is 0.218 e. The molecule has 0 saturated carbocycles. The van der Waals surface area contributed by atoms with Gasteiger partial charge >= 0.3 is 0 Å². The molecule has 0 aliphatic carbocycles. The first-order valence-electron chi connectivity index (χ1n) is 6.27. The number of nitrogens with zero attached hydrogens (tertiary/aromatic N) is 1. The highest BCUT2D eigenvalue weighted by molar-refractivity contribution is 7.88. The third-order valence-electron chi connectivity index (χ3n) is 2.73. The van der Waals surface area contributed by atoms with Crippen LogP contribution in [0.4, 0.5) is 0 Å². The van der Waals surface area contributed by atoms with Crippen LogP contribution in [0.5, 0.6) is 0 Å². The summed E-state index contributed by atoms with van der Waals surface area (Å²) in [6, 6.07) is 6.98. The molecule has 5 heteroatoms. The fourth-order valence-electron chi connectivity index (χ4n) is 1.83. The first-order valence-corrected chi connectivity index (χ1v) is 7.88. The van der Waals surface area contributed by atoms with Crippen molar-refractivity contribution in [3.63, 3.8) is 0 Å². The summed E-state index contributed by atoms with van der Waals surface area (Å²) in [5.74, 6) is -0.00864. The van der Waals surface area contributed by atoms with Crippen LogP contribution in [0.25, 0.3) is 0 Å². The zero-order chi connectivity index (χ0) is 14.7. The fourth-order valence-corrected chi connectivity index (χ4v) is 3.25. The Morgan fingerprint density at radius 1 is 1.11 bits per heavy atom. The molecule has 0 amide bonds. The summed E-state index contributed by atoms with van der Waals surface area (Å²) in [6.07, 6.45) is 0. The van der Waals surface area contributed by atoms with E-state index in [-0.39, 0.29) is 17.8 Å². The molecule has 0 radical (unpaired) electrons. The molecule has 1 aromatic carbocycles. The van der Waals surface area contributed by atoms with Gasteiger partial charge in [0.25, 0.3) is 0 Å². The van der Waals surface area contributed by atoms with Crippen LogP contribution in [0.3, 0.4) is 0 Å². The lowest BCUT2D eigenvalue weighted by atomic mass is 9.97. The van der Waals surface area contributed by atoms with Gasteiger partial charge in [-0.2, -0.15) is 0 Å². The van der Waals surface area contributed by atoms with E-state index in [1.54, 1.807) is 31.3 Å². The molecule has 1 aromatic rings. The molecule has 0 fully saturated rings. The third kappa shape index (κ3) is 5.30. The first kappa shape index (κ1) is 16.1. The minimum Gasteiger partial charge on any atom is -0.392 e. The van der Waals surface area contributed by atoms with E-state index in [0.717, 1.165) is 11.1 Å². The molecule has 0 heterocycles. The van der Waals surface area contributed by atoms with Gasteiger partial charge in [0, 0.05) is 13.6 Å². The van der Waals surface area contributed by atoms with Gasteiger partial charge in [0.05, 0.1) is 12.4 Å². The van der Waals surface area contributed by atoms with E-state index in [4.69, 9.17) is 5.11 Å². The Morgan fingerprint density at radius 2 is 1.58 bits per heavy atom. The van der Waals surface area contributed by atoms with E-state index in [1.807, 2.05) is 20.8 Å². The van der Waals surface area contributed by atoms with E-state index in [2.05, 4.69) is 0 Å². The minimum atomic E-state index is -3.30. The number of aliphatic hydroxyl groups excluding tert-OH is 1. The smallest absolute Gasteiger partial charge is 0.218 e. The van der Waals surface area contributed by atoms with Gasteiger partial charge in [-0.1, -0.05) is 45.0 Å². The summed E-state index contributed by atoms with van der Waals surface area (Å²) >= 11 is 0. The monoisotopic (exact) mass is 285 g/mol. The average molecular weight is 285 g/mol. The summed E-state index contributed by atoms with van der Waals surface area (Å²) in [6.45, 7) is 6.49. The molecule has 0 saturated heterocycles. The van der Waals surface area contributed by atoms with Crippen LogP contribution >= 0.6 is 0 Å². The highest BCUT2D eigenvalue weighted by atomic mass is 32.2. The average Bonchev–Trinajstić information content (AvgIpc) is 2.27. The predicted molar refractivity (Wildman–Crippen MR) is 77.1 cm³/mol. The molecular weight excluding hydrogens is 262 g/mol. The van der Waals surface area contributed by atoms with Crippen molar-refractivity contribution >= 4 is 10.0 Å². The minimum absolute atomic E-state index is 0.00864. The standard InChI is InChI=1S/C14H23NO3S/c1-14(2,3)11-15(4)19(17,18)10-13-7-5-12(9-16)6-8-13/h5-8,16H,9-11H2,1-4H3. The summed E-state index contributed by atoms with van der Waals surface area (Å²) in [5, 5.41) is 8.95. The van der Waals surface area contributed by atoms with Gasteiger partial charge in [-0.25, -0.2) is 12.7 Å². The van der Waals surface area contributed by atoms with Crippen LogP contribution in [0.2, 0.25) is 0 Å². The quantitative estimate of drug-likeness (QED) is 0.900. The Morgan fingerprint density at radius 3 is 2.00 bits per heavy atom. The molecular formula is C14H23NO3S. The normalized spacial score (nSPS) is 12.9. The summed E-state index contributed by atoms with van der Waals surface area (Å²) in [4.78, 5) is 0. The summed E-state index contributed by atoms with van der Waals surface area (Å²) < 4.78 is 25.8. The predicted octanol–water partition coefficient (Wildman–Crippen LogP) is 1.99. The molecule has 0 aliphatic rings. The zero-order valence-electron chi connectivity index (χ0n) is 12.0. The molecule has 0 bridgehead atoms. The van der Waals surface area contributed by atoms with E-state index < -0.39 is 10.0 Å². The number of aliphatic hydroxyl groups is 1. The highest BCUT2D eigenvalue weighted by Gasteiger charge is 2.23. The van der Waals surface area contributed by atoms with Crippen LogP contribution in [-0.4, -0.2) is 31.4 Å². The summed E-state index contributed by atoms with van der Waals surface area (Å²) in [5.41, 5.74) is 1.45. The second-order valence-electron chi connectivity index (χ2n) is 6.05. The van der Waals surface area contributed by atoms with Gasteiger partial charge < -0.3 is 5.11 Å². The topological polar surface area (TPSA) is 57.6 Å². The Bertz CT molecular complexity index is 500. The SMILES string of the molecule is CN(CC(C)(C)C)S(=O)(=O)Cc1ccc(CO)cc1. The maximum atomic E-state index is 12.2. The number of rotatable bonds is 5.